The molecule has 3 rings (SSSR count). The van der Waals surface area contributed by atoms with Crippen LogP contribution in [0.15, 0.2) is 54.6 Å². The summed E-state index contributed by atoms with van der Waals surface area (Å²) < 4.78 is 0. The van der Waals surface area contributed by atoms with Crippen LogP contribution in [0.25, 0.3) is 0 Å². The molecule has 0 aliphatic carbocycles. The molecule has 1 aliphatic rings. The van der Waals surface area contributed by atoms with Crippen LogP contribution in [0.5, 0.6) is 0 Å². The molecule has 2 aromatic rings. The molecule has 0 radical (unpaired) electrons. The van der Waals surface area contributed by atoms with Gasteiger partial charge in [-0.25, -0.2) is 4.79 Å². The number of hydrogen-bond acceptors (Lipinski definition) is 4. The maximum Gasteiger partial charge on any atom is 0.319 e. The van der Waals surface area contributed by atoms with Crippen LogP contribution in [0.1, 0.15) is 19.8 Å². The first-order valence-electron chi connectivity index (χ1n) is 10.1. The number of amides is 3. The number of nitrogens with zero attached hydrogens (tertiary/aromatic N) is 2. The molecule has 0 saturated carbocycles. The highest BCUT2D eigenvalue weighted by Gasteiger charge is 2.27. The minimum Gasteiger partial charge on any atom is -0.370 e. The lowest BCUT2D eigenvalue weighted by molar-refractivity contribution is -0.118. The Morgan fingerprint density at radius 2 is 1.83 bits per heavy atom. The summed E-state index contributed by atoms with van der Waals surface area (Å²) in [5.74, 6) is -0.284. The fourth-order valence-electron chi connectivity index (χ4n) is 3.72. The largest absolute Gasteiger partial charge is 0.370 e. The van der Waals surface area contributed by atoms with E-state index < -0.39 is 0 Å². The van der Waals surface area contributed by atoms with E-state index in [1.165, 1.54) is 5.69 Å². The zero-order valence-corrected chi connectivity index (χ0v) is 16.8. The van der Waals surface area contributed by atoms with Crippen molar-refractivity contribution in [1.82, 2.24) is 5.32 Å². The second kappa shape index (κ2) is 9.82. The molecule has 1 atom stereocenters. The van der Waals surface area contributed by atoms with Crippen molar-refractivity contribution in [2.24, 2.45) is 5.73 Å². The topological polar surface area (TPSA) is 90.7 Å². The fraction of sp³-hybridized carbons (Fsp3) is 0.364. The summed E-state index contributed by atoms with van der Waals surface area (Å²) in [7, 11) is 0. The SMILES string of the molecule is CCNC(=O)Nc1cccc(N2CCN(c3ccccc3)CC2CCC(N)=O)c1. The average Bonchev–Trinajstić information content (AvgIpc) is 2.73. The van der Waals surface area contributed by atoms with E-state index in [0.29, 0.717) is 19.4 Å². The highest BCUT2D eigenvalue weighted by molar-refractivity contribution is 5.89. The second-order valence-corrected chi connectivity index (χ2v) is 7.17. The lowest BCUT2D eigenvalue weighted by Gasteiger charge is -2.44. The van der Waals surface area contributed by atoms with Gasteiger partial charge in [0, 0.05) is 55.7 Å². The first-order chi connectivity index (χ1) is 14.1. The van der Waals surface area contributed by atoms with E-state index in [4.69, 9.17) is 5.73 Å². The molecule has 1 saturated heterocycles. The molecule has 2 aromatic carbocycles. The second-order valence-electron chi connectivity index (χ2n) is 7.17. The number of carbonyl (C=O) groups is 2. The number of rotatable bonds is 7. The first kappa shape index (κ1) is 20.5. The molecule has 1 fully saturated rings. The van der Waals surface area contributed by atoms with Gasteiger partial charge in [-0.2, -0.15) is 0 Å². The van der Waals surface area contributed by atoms with Crippen LogP contribution in [-0.4, -0.2) is 44.2 Å². The third-order valence-electron chi connectivity index (χ3n) is 5.10. The predicted octanol–water partition coefficient (Wildman–Crippen LogP) is 2.79. The number of nitrogens with two attached hydrogens (primary N) is 1. The molecule has 1 unspecified atom stereocenters. The van der Waals surface area contributed by atoms with Crippen molar-refractivity contribution in [3.63, 3.8) is 0 Å². The average molecular weight is 396 g/mol. The Labute approximate surface area is 171 Å². The van der Waals surface area contributed by atoms with E-state index in [2.05, 4.69) is 32.6 Å². The van der Waals surface area contributed by atoms with Gasteiger partial charge in [-0.15, -0.1) is 0 Å². The Bertz CT molecular complexity index is 827. The van der Waals surface area contributed by atoms with Crippen LogP contribution < -0.4 is 26.2 Å². The zero-order valence-electron chi connectivity index (χ0n) is 16.8. The van der Waals surface area contributed by atoms with Crippen molar-refractivity contribution in [2.45, 2.75) is 25.8 Å². The normalized spacial score (nSPS) is 16.4. The summed E-state index contributed by atoms with van der Waals surface area (Å²) in [6.45, 7) is 4.97. The Morgan fingerprint density at radius 3 is 2.55 bits per heavy atom. The first-order valence-corrected chi connectivity index (χ1v) is 10.1. The number of piperazine rings is 1. The van der Waals surface area contributed by atoms with Crippen molar-refractivity contribution < 1.29 is 9.59 Å². The van der Waals surface area contributed by atoms with Crippen LogP contribution in [0, 0.1) is 0 Å². The number of anilines is 3. The van der Waals surface area contributed by atoms with Crippen LogP contribution in [0.3, 0.4) is 0 Å². The number of carbonyl (C=O) groups excluding carboxylic acids is 2. The molecule has 0 bridgehead atoms. The van der Waals surface area contributed by atoms with Gasteiger partial charge in [-0.3, -0.25) is 4.79 Å². The third kappa shape index (κ3) is 5.63. The van der Waals surface area contributed by atoms with E-state index in [9.17, 15) is 9.59 Å². The number of primary amides is 1. The maximum absolute atomic E-state index is 11.8. The monoisotopic (exact) mass is 395 g/mol. The van der Waals surface area contributed by atoms with Crippen molar-refractivity contribution in [3.05, 3.63) is 54.6 Å². The number of para-hydroxylation sites is 1. The van der Waals surface area contributed by atoms with Gasteiger partial charge in [0.15, 0.2) is 0 Å². The molecule has 7 nitrogen and oxygen atoms in total. The highest BCUT2D eigenvalue weighted by Crippen LogP contribution is 2.28. The van der Waals surface area contributed by atoms with Gasteiger partial charge >= 0.3 is 6.03 Å². The molecule has 4 N–H and O–H groups in total. The molecule has 29 heavy (non-hydrogen) atoms. The summed E-state index contributed by atoms with van der Waals surface area (Å²) in [6, 6.07) is 18.1. The summed E-state index contributed by atoms with van der Waals surface area (Å²) in [5, 5.41) is 5.60. The smallest absolute Gasteiger partial charge is 0.319 e. The van der Waals surface area contributed by atoms with Gasteiger partial charge in [0.2, 0.25) is 5.91 Å². The van der Waals surface area contributed by atoms with E-state index in [0.717, 1.165) is 31.0 Å². The molecule has 1 heterocycles. The van der Waals surface area contributed by atoms with Crippen LogP contribution in [-0.2, 0) is 4.79 Å². The number of urea groups is 1. The van der Waals surface area contributed by atoms with Crippen molar-refractivity contribution in [2.75, 3.05) is 41.3 Å². The van der Waals surface area contributed by atoms with Gasteiger partial charge in [0.1, 0.15) is 0 Å². The summed E-state index contributed by atoms with van der Waals surface area (Å²) in [4.78, 5) is 27.9. The Balaban J connectivity index is 1.77. The van der Waals surface area contributed by atoms with Gasteiger partial charge in [0.05, 0.1) is 0 Å². The minimum absolute atomic E-state index is 0.149. The van der Waals surface area contributed by atoms with Crippen LogP contribution in [0.4, 0.5) is 21.9 Å². The Morgan fingerprint density at radius 1 is 1.07 bits per heavy atom. The Kier molecular flexibility index (Phi) is 6.94. The van der Waals surface area contributed by atoms with Crippen LogP contribution in [0.2, 0.25) is 0 Å². The third-order valence-corrected chi connectivity index (χ3v) is 5.10. The van der Waals surface area contributed by atoms with Crippen LogP contribution >= 0.6 is 0 Å². The molecule has 0 spiro atoms. The van der Waals surface area contributed by atoms with Crippen molar-refractivity contribution >= 4 is 29.0 Å². The van der Waals surface area contributed by atoms with Gasteiger partial charge < -0.3 is 26.2 Å². The summed E-state index contributed by atoms with van der Waals surface area (Å²) >= 11 is 0. The van der Waals surface area contributed by atoms with Gasteiger partial charge in [0.25, 0.3) is 0 Å². The van der Waals surface area contributed by atoms with Crippen molar-refractivity contribution in [3.8, 4) is 0 Å². The fourth-order valence-corrected chi connectivity index (χ4v) is 3.72. The van der Waals surface area contributed by atoms with Gasteiger partial charge in [-0.1, -0.05) is 24.3 Å². The molecule has 1 aliphatic heterocycles. The zero-order chi connectivity index (χ0) is 20.6. The molecule has 154 valence electrons. The van der Waals surface area contributed by atoms with E-state index >= 15 is 0 Å². The van der Waals surface area contributed by atoms with Gasteiger partial charge in [-0.05, 0) is 43.7 Å². The lowest BCUT2D eigenvalue weighted by Crippen LogP contribution is -2.53. The Hall–Kier alpha value is -3.22. The molecular formula is C22H29N5O2. The number of nitrogens with one attached hydrogen (secondary N) is 2. The molecule has 7 heteroatoms. The number of hydrogen-bond donors (Lipinski definition) is 3. The number of benzene rings is 2. The minimum atomic E-state index is -0.284. The lowest BCUT2D eigenvalue weighted by atomic mass is 10.0. The predicted molar refractivity (Wildman–Crippen MR) is 117 cm³/mol. The molecule has 3 amide bonds. The van der Waals surface area contributed by atoms with Crippen molar-refractivity contribution in [1.29, 1.82) is 0 Å². The molecular weight excluding hydrogens is 366 g/mol. The summed E-state index contributed by atoms with van der Waals surface area (Å²) in [5.41, 5.74) is 8.38. The maximum atomic E-state index is 11.8. The quantitative estimate of drug-likeness (QED) is 0.672. The standard InChI is InChI=1S/C22H29N5O2/c1-2-24-22(29)25-17-7-6-10-19(15-17)27-14-13-26(18-8-4-3-5-9-18)16-20(27)11-12-21(23)28/h3-10,15,20H,2,11-14,16H2,1H3,(H2,23,28)(H2,24,25,29). The summed E-state index contributed by atoms with van der Waals surface area (Å²) in [6.07, 6.45) is 1.04. The molecule has 0 aromatic heterocycles. The van der Waals surface area contributed by atoms with E-state index in [1.54, 1.807) is 0 Å². The van der Waals surface area contributed by atoms with E-state index in [-0.39, 0.29) is 18.0 Å². The highest BCUT2D eigenvalue weighted by atomic mass is 16.2. The van der Waals surface area contributed by atoms with E-state index in [1.807, 2.05) is 49.4 Å².